The van der Waals surface area contributed by atoms with Crippen LogP contribution in [-0.4, -0.2) is 71.0 Å². The molecule has 9 heteroatoms. The highest BCUT2D eigenvalue weighted by molar-refractivity contribution is 7.89. The Bertz CT molecular complexity index is 1100. The summed E-state index contributed by atoms with van der Waals surface area (Å²) in [6, 6.07) is 11.7. The summed E-state index contributed by atoms with van der Waals surface area (Å²) >= 11 is 0. The summed E-state index contributed by atoms with van der Waals surface area (Å²) in [5.74, 6) is 0.970. The van der Waals surface area contributed by atoms with Crippen molar-refractivity contribution in [1.29, 1.82) is 0 Å². The van der Waals surface area contributed by atoms with Gasteiger partial charge in [-0.1, -0.05) is 0 Å². The molecule has 2 aromatic rings. The van der Waals surface area contributed by atoms with Gasteiger partial charge in [-0.15, -0.1) is 0 Å². The standard InChI is InChI=1S/C24H30N2O6S/c1-30-17-6-9-19(10-7-17)33(28,29)26-15-21(20-14-18(31-2)8-11-23(20)32-3)22(16-26)24(27)25-12-4-5-13-25/h6-11,14,21-22H,4-5,12-13,15-16H2,1-3H3/t21-,22-/m1/s1. The molecule has 0 spiro atoms. The molecule has 8 nitrogen and oxygen atoms in total. The van der Waals surface area contributed by atoms with Crippen molar-refractivity contribution in [1.82, 2.24) is 9.21 Å². The average molecular weight is 475 g/mol. The number of likely N-dealkylation sites (tertiary alicyclic amines) is 1. The Labute approximate surface area is 195 Å². The Morgan fingerprint density at radius 3 is 2.12 bits per heavy atom. The number of benzene rings is 2. The van der Waals surface area contributed by atoms with Crippen molar-refractivity contribution in [3.8, 4) is 17.2 Å². The van der Waals surface area contributed by atoms with E-state index in [4.69, 9.17) is 14.2 Å². The number of ether oxygens (including phenoxy) is 3. The second-order valence-electron chi connectivity index (χ2n) is 8.35. The van der Waals surface area contributed by atoms with E-state index < -0.39 is 15.9 Å². The predicted molar refractivity (Wildman–Crippen MR) is 123 cm³/mol. The molecule has 4 rings (SSSR count). The fourth-order valence-corrected chi connectivity index (χ4v) is 6.22. The zero-order valence-electron chi connectivity index (χ0n) is 19.2. The monoisotopic (exact) mass is 474 g/mol. The smallest absolute Gasteiger partial charge is 0.243 e. The van der Waals surface area contributed by atoms with Crippen molar-refractivity contribution < 1.29 is 27.4 Å². The Morgan fingerprint density at radius 1 is 0.879 bits per heavy atom. The number of carbonyl (C=O) groups excluding carboxylic acids is 1. The van der Waals surface area contributed by atoms with Crippen LogP contribution in [0.1, 0.15) is 24.3 Å². The summed E-state index contributed by atoms with van der Waals surface area (Å²) in [6.45, 7) is 1.72. The van der Waals surface area contributed by atoms with Crippen LogP contribution in [0.15, 0.2) is 47.4 Å². The van der Waals surface area contributed by atoms with Gasteiger partial charge in [0.25, 0.3) is 0 Å². The summed E-state index contributed by atoms with van der Waals surface area (Å²) in [4.78, 5) is 15.5. The third-order valence-corrected chi connectivity index (χ3v) is 8.40. The van der Waals surface area contributed by atoms with Crippen LogP contribution in [0.5, 0.6) is 17.2 Å². The molecular formula is C24H30N2O6S. The lowest BCUT2D eigenvalue weighted by atomic mass is 9.87. The SMILES string of the molecule is COc1ccc(S(=O)(=O)N2C[C@H](c3cc(OC)ccc3OC)[C@H](C(=O)N3CCCC3)C2)cc1. The number of sulfonamides is 1. The normalized spacial score (nSPS) is 21.2. The molecule has 178 valence electrons. The molecule has 2 aliphatic heterocycles. The molecule has 1 amide bonds. The minimum Gasteiger partial charge on any atom is -0.497 e. The van der Waals surface area contributed by atoms with Crippen LogP contribution in [0, 0.1) is 5.92 Å². The number of nitrogens with zero attached hydrogens (tertiary/aromatic N) is 2. The van der Waals surface area contributed by atoms with Crippen LogP contribution in [-0.2, 0) is 14.8 Å². The van der Waals surface area contributed by atoms with Gasteiger partial charge in [0.15, 0.2) is 0 Å². The van der Waals surface area contributed by atoms with Crippen LogP contribution >= 0.6 is 0 Å². The lowest BCUT2D eigenvalue weighted by Gasteiger charge is -2.25. The van der Waals surface area contributed by atoms with Gasteiger partial charge >= 0.3 is 0 Å². The lowest BCUT2D eigenvalue weighted by molar-refractivity contribution is -0.134. The van der Waals surface area contributed by atoms with Gasteiger partial charge in [0, 0.05) is 37.7 Å². The fraction of sp³-hybridized carbons (Fsp3) is 0.458. The number of rotatable bonds is 7. The maximum atomic E-state index is 13.5. The highest BCUT2D eigenvalue weighted by Crippen LogP contribution is 2.42. The second-order valence-corrected chi connectivity index (χ2v) is 10.3. The van der Waals surface area contributed by atoms with Crippen molar-refractivity contribution in [2.45, 2.75) is 23.7 Å². The molecular weight excluding hydrogens is 444 g/mol. The van der Waals surface area contributed by atoms with Gasteiger partial charge in [-0.25, -0.2) is 8.42 Å². The van der Waals surface area contributed by atoms with Crippen LogP contribution in [0.25, 0.3) is 0 Å². The van der Waals surface area contributed by atoms with Gasteiger partial charge < -0.3 is 19.1 Å². The topological polar surface area (TPSA) is 85.4 Å². The van der Waals surface area contributed by atoms with Crippen LogP contribution < -0.4 is 14.2 Å². The van der Waals surface area contributed by atoms with Crippen molar-refractivity contribution in [3.05, 3.63) is 48.0 Å². The third kappa shape index (κ3) is 4.52. The molecule has 2 aliphatic rings. The van der Waals surface area contributed by atoms with E-state index in [0.717, 1.165) is 18.4 Å². The molecule has 0 N–H and O–H groups in total. The Kier molecular flexibility index (Phi) is 6.81. The molecule has 0 aliphatic carbocycles. The van der Waals surface area contributed by atoms with Crippen molar-refractivity contribution in [2.75, 3.05) is 47.5 Å². The van der Waals surface area contributed by atoms with Crippen LogP contribution in [0.3, 0.4) is 0 Å². The van der Waals surface area contributed by atoms with Crippen LogP contribution in [0.4, 0.5) is 0 Å². The van der Waals surface area contributed by atoms with Crippen molar-refractivity contribution in [2.24, 2.45) is 5.92 Å². The molecule has 2 aromatic carbocycles. The number of carbonyl (C=O) groups is 1. The summed E-state index contributed by atoms with van der Waals surface area (Å²) < 4.78 is 44.5. The first-order valence-corrected chi connectivity index (χ1v) is 12.5. The highest BCUT2D eigenvalue weighted by atomic mass is 32.2. The Balaban J connectivity index is 1.71. The molecule has 0 radical (unpaired) electrons. The molecule has 2 saturated heterocycles. The number of methoxy groups -OCH3 is 3. The maximum absolute atomic E-state index is 13.5. The Morgan fingerprint density at radius 2 is 1.52 bits per heavy atom. The Hall–Kier alpha value is -2.78. The van der Waals surface area contributed by atoms with E-state index in [1.807, 2.05) is 11.0 Å². The molecule has 0 saturated carbocycles. The fourth-order valence-electron chi connectivity index (χ4n) is 4.73. The lowest BCUT2D eigenvalue weighted by Crippen LogP contribution is -2.37. The van der Waals surface area contributed by atoms with E-state index in [0.29, 0.717) is 30.3 Å². The quantitative estimate of drug-likeness (QED) is 0.614. The summed E-state index contributed by atoms with van der Waals surface area (Å²) in [5.41, 5.74) is 0.779. The summed E-state index contributed by atoms with van der Waals surface area (Å²) in [6.07, 6.45) is 1.94. The van der Waals surface area contributed by atoms with Crippen molar-refractivity contribution >= 4 is 15.9 Å². The average Bonchev–Trinajstić information content (AvgIpc) is 3.54. The molecule has 0 unspecified atom stereocenters. The predicted octanol–water partition coefficient (Wildman–Crippen LogP) is 2.74. The van der Waals surface area contributed by atoms with Gasteiger partial charge in [0.2, 0.25) is 15.9 Å². The molecule has 2 fully saturated rings. The minimum absolute atomic E-state index is 0.00481. The van der Waals surface area contributed by atoms with Gasteiger partial charge in [-0.3, -0.25) is 4.79 Å². The van der Waals surface area contributed by atoms with Gasteiger partial charge in [0.1, 0.15) is 17.2 Å². The van der Waals surface area contributed by atoms with E-state index >= 15 is 0 Å². The van der Waals surface area contributed by atoms with E-state index in [1.165, 1.54) is 23.5 Å². The van der Waals surface area contributed by atoms with Gasteiger partial charge in [-0.2, -0.15) is 4.31 Å². The number of hydrogen-bond donors (Lipinski definition) is 0. The van der Waals surface area contributed by atoms with Gasteiger partial charge in [0.05, 0.1) is 32.1 Å². The first kappa shape index (κ1) is 23.4. The molecule has 2 heterocycles. The summed E-state index contributed by atoms with van der Waals surface area (Å²) in [5, 5.41) is 0. The zero-order chi connectivity index (χ0) is 23.6. The molecule has 0 aromatic heterocycles. The first-order chi connectivity index (χ1) is 15.9. The van der Waals surface area contributed by atoms with E-state index in [9.17, 15) is 13.2 Å². The summed E-state index contributed by atoms with van der Waals surface area (Å²) in [7, 11) is 0.887. The van der Waals surface area contributed by atoms with E-state index in [-0.39, 0.29) is 29.8 Å². The number of hydrogen-bond acceptors (Lipinski definition) is 6. The van der Waals surface area contributed by atoms with Crippen LogP contribution in [0.2, 0.25) is 0 Å². The highest BCUT2D eigenvalue weighted by Gasteiger charge is 2.46. The minimum atomic E-state index is -3.79. The van der Waals surface area contributed by atoms with E-state index in [2.05, 4.69) is 0 Å². The molecule has 0 bridgehead atoms. The second kappa shape index (κ2) is 9.61. The first-order valence-electron chi connectivity index (χ1n) is 11.0. The molecule has 33 heavy (non-hydrogen) atoms. The van der Waals surface area contributed by atoms with Crippen molar-refractivity contribution in [3.63, 3.8) is 0 Å². The maximum Gasteiger partial charge on any atom is 0.243 e. The zero-order valence-corrected chi connectivity index (χ0v) is 20.0. The van der Waals surface area contributed by atoms with Gasteiger partial charge in [-0.05, 0) is 55.3 Å². The van der Waals surface area contributed by atoms with E-state index in [1.54, 1.807) is 38.5 Å². The largest absolute Gasteiger partial charge is 0.497 e. The third-order valence-electron chi connectivity index (χ3n) is 6.55. The molecule has 2 atom stereocenters. The number of amides is 1.